The fourth-order valence-corrected chi connectivity index (χ4v) is 4.75. The van der Waals surface area contributed by atoms with Crippen molar-refractivity contribution >= 4 is 34.3 Å². The Morgan fingerprint density at radius 2 is 2.07 bits per heavy atom. The van der Waals surface area contributed by atoms with Crippen LogP contribution in [0.3, 0.4) is 0 Å². The van der Waals surface area contributed by atoms with E-state index >= 15 is 8.78 Å². The summed E-state index contributed by atoms with van der Waals surface area (Å²) in [6.45, 7) is 0.434. The van der Waals surface area contributed by atoms with Crippen LogP contribution in [0.15, 0.2) is 22.2 Å². The summed E-state index contributed by atoms with van der Waals surface area (Å²) in [4.78, 5) is 25.6. The van der Waals surface area contributed by atoms with E-state index in [9.17, 15) is 14.7 Å². The van der Waals surface area contributed by atoms with Gasteiger partial charge in [0.05, 0.1) is 16.3 Å². The molecule has 1 aliphatic heterocycles. The number of rotatable bonds is 5. The number of carboxylic acid groups (broad SMARTS) is 1. The van der Waals surface area contributed by atoms with E-state index in [1.807, 2.05) is 0 Å². The van der Waals surface area contributed by atoms with Crippen molar-refractivity contribution < 1.29 is 18.7 Å². The Labute approximate surface area is 172 Å². The summed E-state index contributed by atoms with van der Waals surface area (Å²) in [6.07, 6.45) is 3.33. The second-order valence-electron chi connectivity index (χ2n) is 7.37. The van der Waals surface area contributed by atoms with Crippen LogP contribution in [0.1, 0.15) is 35.7 Å². The summed E-state index contributed by atoms with van der Waals surface area (Å²) in [7, 11) is 1.68. The van der Waals surface area contributed by atoms with Crippen LogP contribution >= 0.6 is 11.8 Å². The number of benzene rings is 1. The van der Waals surface area contributed by atoms with Crippen molar-refractivity contribution in [3.8, 4) is 0 Å². The molecule has 1 saturated carbocycles. The molecule has 30 heavy (non-hydrogen) atoms. The van der Waals surface area contributed by atoms with E-state index in [1.165, 1.54) is 27.2 Å². The number of carboxylic acids is 1. The smallest absolute Gasteiger partial charge is 0.341 e. The van der Waals surface area contributed by atoms with Gasteiger partial charge in [0.25, 0.3) is 0 Å². The monoisotopic (exact) mass is 434 g/mol. The van der Waals surface area contributed by atoms with Crippen LogP contribution in [0, 0.1) is 11.6 Å². The molecule has 1 atom stereocenters. The largest absolute Gasteiger partial charge is 0.477 e. The van der Waals surface area contributed by atoms with E-state index in [-0.39, 0.29) is 28.0 Å². The summed E-state index contributed by atoms with van der Waals surface area (Å²) in [5.41, 5.74) is -1.66. The molecular formula is C18H16F2N6O3S. The normalized spacial score (nSPS) is 18.6. The number of aryl methyl sites for hydroxylation is 1. The van der Waals surface area contributed by atoms with E-state index in [1.54, 1.807) is 11.9 Å². The van der Waals surface area contributed by atoms with Crippen molar-refractivity contribution in [3.05, 3.63) is 39.7 Å². The van der Waals surface area contributed by atoms with Crippen LogP contribution in [0.25, 0.3) is 10.9 Å². The molecule has 0 radical (unpaired) electrons. The number of hydrogen-bond acceptors (Lipinski definition) is 7. The van der Waals surface area contributed by atoms with Crippen LogP contribution < -0.4 is 10.3 Å². The molecule has 9 nitrogen and oxygen atoms in total. The second-order valence-corrected chi connectivity index (χ2v) is 8.52. The number of anilines is 1. The lowest BCUT2D eigenvalue weighted by molar-refractivity contribution is 0.0694. The second kappa shape index (κ2) is 6.76. The van der Waals surface area contributed by atoms with Gasteiger partial charge in [-0.25, -0.2) is 18.3 Å². The van der Waals surface area contributed by atoms with E-state index in [0.29, 0.717) is 18.1 Å². The molecule has 1 N–H and O–H groups in total. The molecule has 2 fully saturated rings. The van der Waals surface area contributed by atoms with Gasteiger partial charge in [-0.05, 0) is 35.8 Å². The predicted molar refractivity (Wildman–Crippen MR) is 104 cm³/mol. The van der Waals surface area contributed by atoms with Crippen LogP contribution in [0.2, 0.25) is 0 Å². The number of aromatic carboxylic acids is 1. The summed E-state index contributed by atoms with van der Waals surface area (Å²) in [5, 5.41) is 20.5. The molecule has 0 spiro atoms. The van der Waals surface area contributed by atoms with E-state index < -0.39 is 28.6 Å². The molecule has 12 heteroatoms. The first-order chi connectivity index (χ1) is 14.4. The summed E-state index contributed by atoms with van der Waals surface area (Å²) in [5.74, 6) is -3.17. The van der Waals surface area contributed by atoms with Crippen molar-refractivity contribution in [2.24, 2.45) is 7.05 Å². The Kier molecular flexibility index (Phi) is 4.27. The van der Waals surface area contributed by atoms with Crippen molar-refractivity contribution in [2.45, 2.75) is 35.8 Å². The van der Waals surface area contributed by atoms with Gasteiger partial charge < -0.3 is 14.6 Å². The molecule has 156 valence electrons. The number of fused-ring (bicyclic) bond motifs is 1. The SMILES string of the molecule is Cn1nnnc1SC1CCN1c1c(F)cc2c(=O)c(C(=O)O)cn(C3CC3)c2c1F. The first kappa shape index (κ1) is 19.0. The van der Waals surface area contributed by atoms with E-state index in [4.69, 9.17) is 0 Å². The van der Waals surface area contributed by atoms with Gasteiger partial charge in [-0.2, -0.15) is 0 Å². The molecule has 0 bridgehead atoms. The Morgan fingerprint density at radius 1 is 1.30 bits per heavy atom. The first-order valence-corrected chi connectivity index (χ1v) is 10.2. The first-order valence-electron chi connectivity index (χ1n) is 9.32. The minimum absolute atomic E-state index is 0.0557. The highest BCUT2D eigenvalue weighted by Crippen LogP contribution is 2.43. The molecule has 3 aromatic rings. The zero-order chi connectivity index (χ0) is 21.2. The maximum atomic E-state index is 15.7. The molecule has 2 aromatic heterocycles. The Bertz CT molecular complexity index is 1250. The highest BCUT2D eigenvalue weighted by atomic mass is 32.2. The number of carbonyl (C=O) groups is 1. The lowest BCUT2D eigenvalue weighted by Crippen LogP contribution is -2.47. The molecule has 5 rings (SSSR count). The Hall–Kier alpha value is -3.02. The highest BCUT2D eigenvalue weighted by molar-refractivity contribution is 7.99. The molecule has 1 aliphatic carbocycles. The quantitative estimate of drug-likeness (QED) is 0.651. The van der Waals surface area contributed by atoms with Gasteiger partial charge >= 0.3 is 5.97 Å². The van der Waals surface area contributed by atoms with Gasteiger partial charge in [0, 0.05) is 25.8 Å². The molecule has 1 unspecified atom stereocenters. The number of pyridine rings is 1. The number of hydrogen-bond donors (Lipinski definition) is 1. The van der Waals surface area contributed by atoms with Gasteiger partial charge in [-0.15, -0.1) is 5.10 Å². The zero-order valence-electron chi connectivity index (χ0n) is 15.7. The molecular weight excluding hydrogens is 418 g/mol. The fraction of sp³-hybridized carbons (Fsp3) is 0.389. The number of tetrazole rings is 1. The summed E-state index contributed by atoms with van der Waals surface area (Å²) < 4.78 is 33.6. The molecule has 3 heterocycles. The maximum absolute atomic E-state index is 15.7. The Morgan fingerprint density at radius 3 is 2.63 bits per heavy atom. The van der Waals surface area contributed by atoms with Crippen molar-refractivity contribution in [3.63, 3.8) is 0 Å². The van der Waals surface area contributed by atoms with Gasteiger partial charge in [0.15, 0.2) is 5.82 Å². The van der Waals surface area contributed by atoms with Crippen molar-refractivity contribution in [1.82, 2.24) is 24.8 Å². The van der Waals surface area contributed by atoms with Crippen LogP contribution in [0.5, 0.6) is 0 Å². The third-order valence-electron chi connectivity index (χ3n) is 5.43. The molecule has 1 aromatic carbocycles. The van der Waals surface area contributed by atoms with Gasteiger partial charge in [-0.1, -0.05) is 11.8 Å². The third kappa shape index (κ3) is 2.85. The number of nitrogens with zero attached hydrogens (tertiary/aromatic N) is 6. The fourth-order valence-electron chi connectivity index (χ4n) is 3.67. The Balaban J connectivity index is 1.64. The number of aromatic nitrogens is 5. The van der Waals surface area contributed by atoms with Crippen LogP contribution in [-0.2, 0) is 7.05 Å². The standard InChI is InChI=1S/C18H16F2N6O3S/c1-24-18(21-22-23-24)30-12-4-5-25(12)15-11(19)6-9-14(13(15)20)26(8-2-3-8)7-10(16(9)27)17(28)29/h6-8,12H,2-5H2,1H3,(H,28,29). The van der Waals surface area contributed by atoms with Crippen LogP contribution in [-0.4, -0.2) is 47.8 Å². The number of thioether (sulfide) groups is 1. The molecule has 0 amide bonds. The van der Waals surface area contributed by atoms with Gasteiger partial charge in [-0.3, -0.25) is 4.79 Å². The minimum Gasteiger partial charge on any atom is -0.477 e. The average Bonchev–Trinajstić information content (AvgIpc) is 3.44. The van der Waals surface area contributed by atoms with Crippen molar-refractivity contribution in [2.75, 3.05) is 11.4 Å². The zero-order valence-corrected chi connectivity index (χ0v) is 16.6. The molecule has 1 saturated heterocycles. The van der Waals surface area contributed by atoms with E-state index in [2.05, 4.69) is 15.5 Å². The minimum atomic E-state index is -1.42. The maximum Gasteiger partial charge on any atom is 0.341 e. The van der Waals surface area contributed by atoms with E-state index in [0.717, 1.165) is 18.9 Å². The summed E-state index contributed by atoms with van der Waals surface area (Å²) in [6, 6.07) is 0.844. The molecule has 2 aliphatic rings. The van der Waals surface area contributed by atoms with Gasteiger partial charge in [0.2, 0.25) is 10.6 Å². The lowest BCUT2D eigenvalue weighted by Gasteiger charge is -2.42. The average molecular weight is 434 g/mol. The lowest BCUT2D eigenvalue weighted by atomic mass is 10.1. The third-order valence-corrected chi connectivity index (χ3v) is 6.75. The van der Waals surface area contributed by atoms with Crippen molar-refractivity contribution in [1.29, 1.82) is 0 Å². The number of halogens is 2. The summed E-state index contributed by atoms with van der Waals surface area (Å²) >= 11 is 1.29. The van der Waals surface area contributed by atoms with Crippen LogP contribution in [0.4, 0.5) is 14.5 Å². The van der Waals surface area contributed by atoms with Gasteiger partial charge in [0.1, 0.15) is 17.1 Å². The topological polar surface area (TPSA) is 106 Å². The highest BCUT2D eigenvalue weighted by Gasteiger charge is 2.37. The predicted octanol–water partition coefficient (Wildman–Crippen LogP) is 2.16.